The number of pyridine rings is 1. The second kappa shape index (κ2) is 12.2. The van der Waals surface area contributed by atoms with E-state index in [4.69, 9.17) is 0 Å². The average molecular weight is 378 g/mol. The molecule has 0 atom stereocenters. The highest BCUT2D eigenvalue weighted by Crippen LogP contribution is 2.06. The number of nitrogens with zero attached hydrogens (tertiary/aromatic N) is 2. The van der Waals surface area contributed by atoms with Gasteiger partial charge in [0.25, 0.3) is 12.4 Å². The van der Waals surface area contributed by atoms with Gasteiger partial charge in [0.1, 0.15) is 6.54 Å². The molecule has 1 aliphatic heterocycles. The van der Waals surface area contributed by atoms with Gasteiger partial charge in [0, 0.05) is 37.8 Å². The van der Waals surface area contributed by atoms with Gasteiger partial charge >= 0.3 is 0 Å². The lowest BCUT2D eigenvalue weighted by molar-refractivity contribution is -0.698. The number of aromatic nitrogens is 1. The number of hydrogen-bond donors (Lipinski definition) is 0. The van der Waals surface area contributed by atoms with Crippen LogP contribution in [0.15, 0.2) is 60.1 Å². The van der Waals surface area contributed by atoms with Gasteiger partial charge in [-0.25, -0.2) is 4.57 Å². The summed E-state index contributed by atoms with van der Waals surface area (Å²) in [5, 5.41) is 0. The highest BCUT2D eigenvalue weighted by atomic mass is 15.0. The Labute approximate surface area is 172 Å². The molecule has 0 fully saturated rings. The molecule has 0 N–H and O–H groups in total. The Morgan fingerprint density at radius 1 is 0.821 bits per heavy atom. The Morgan fingerprint density at radius 3 is 2.04 bits per heavy atom. The van der Waals surface area contributed by atoms with Crippen molar-refractivity contribution in [2.45, 2.75) is 72.8 Å². The van der Waals surface area contributed by atoms with Gasteiger partial charge in [0.15, 0.2) is 30.1 Å². The van der Waals surface area contributed by atoms with Gasteiger partial charge in [-0.3, -0.25) is 0 Å². The lowest BCUT2D eigenvalue weighted by Crippen LogP contribution is -2.33. The van der Waals surface area contributed by atoms with E-state index in [0.717, 1.165) is 25.9 Å². The molecule has 1 aromatic rings. The molecule has 1 aliphatic rings. The van der Waals surface area contributed by atoms with Crippen LogP contribution in [0.4, 0.5) is 0 Å². The van der Waals surface area contributed by atoms with E-state index in [-0.39, 0.29) is 0 Å². The van der Waals surface area contributed by atoms with E-state index in [1.165, 1.54) is 48.0 Å². The third-order valence-electron chi connectivity index (χ3n) is 4.77. The summed E-state index contributed by atoms with van der Waals surface area (Å²) in [6.45, 7) is 10.8. The Hall–Kier alpha value is -2.31. The lowest BCUT2D eigenvalue weighted by Gasteiger charge is -1.99. The lowest BCUT2D eigenvalue weighted by atomic mass is 10.1. The van der Waals surface area contributed by atoms with Crippen LogP contribution in [0.5, 0.6) is 0 Å². The quantitative estimate of drug-likeness (QED) is 0.199. The molecule has 0 unspecified atom stereocenters. The van der Waals surface area contributed by atoms with Crippen molar-refractivity contribution < 1.29 is 9.14 Å². The third-order valence-corrected chi connectivity index (χ3v) is 4.77. The van der Waals surface area contributed by atoms with Crippen molar-refractivity contribution in [2.24, 2.45) is 0 Å². The summed E-state index contributed by atoms with van der Waals surface area (Å²) in [4.78, 5) is 0. The SMILES string of the molecule is CC1=[C+]C(C)=C[N+](CCCCC=CC=CCCCC[n+]2cc(C)cc(C)c2)=C1. The van der Waals surface area contributed by atoms with E-state index in [2.05, 4.69) is 98.1 Å². The second-order valence-corrected chi connectivity index (χ2v) is 7.96. The van der Waals surface area contributed by atoms with E-state index >= 15 is 0 Å². The number of allylic oxidation sites excluding steroid dienone is 7. The van der Waals surface area contributed by atoms with Crippen molar-refractivity contribution in [1.82, 2.24) is 0 Å². The Bertz CT molecular complexity index is 753. The molecule has 2 nitrogen and oxygen atoms in total. The number of hydrogen-bond acceptors (Lipinski definition) is 0. The molecule has 2 heterocycles. The van der Waals surface area contributed by atoms with Crippen LogP contribution >= 0.6 is 0 Å². The van der Waals surface area contributed by atoms with Gasteiger partial charge in [-0.05, 0) is 45.6 Å². The Kier molecular flexibility index (Phi) is 9.59. The summed E-state index contributed by atoms with van der Waals surface area (Å²) in [5.41, 5.74) is 5.13. The van der Waals surface area contributed by atoms with Crippen LogP contribution in [0.25, 0.3) is 0 Å². The van der Waals surface area contributed by atoms with Gasteiger partial charge in [0.2, 0.25) is 0 Å². The average Bonchev–Trinajstić information content (AvgIpc) is 2.61. The first kappa shape index (κ1) is 22.0. The zero-order chi connectivity index (χ0) is 20.2. The van der Waals surface area contributed by atoms with Gasteiger partial charge in [0.05, 0.1) is 6.08 Å². The van der Waals surface area contributed by atoms with Crippen LogP contribution in [0.2, 0.25) is 0 Å². The molecule has 0 saturated carbocycles. The van der Waals surface area contributed by atoms with Crippen molar-refractivity contribution in [1.29, 1.82) is 0 Å². The van der Waals surface area contributed by atoms with Crippen LogP contribution in [0.3, 0.4) is 0 Å². The van der Waals surface area contributed by atoms with Crippen LogP contribution < -0.4 is 4.57 Å². The van der Waals surface area contributed by atoms with E-state index in [1.54, 1.807) is 0 Å². The molecular formula is C26H37N2+3. The fourth-order valence-corrected chi connectivity index (χ4v) is 3.63. The standard InChI is InChI=1S/C26H37N2/c1-23-17-24(2)20-27(19-23)15-13-11-9-7-5-6-8-10-12-14-16-28-21-25(3)18-26(4)22-28/h5-8,17,19-22H,9-16H2,1-4H3/q+3. The monoisotopic (exact) mass is 377 g/mol. The molecule has 0 aliphatic carbocycles. The summed E-state index contributed by atoms with van der Waals surface area (Å²) in [5.74, 6) is 0. The number of rotatable bonds is 11. The highest BCUT2D eigenvalue weighted by Gasteiger charge is 2.16. The molecule has 2 heteroatoms. The fourth-order valence-electron chi connectivity index (χ4n) is 3.63. The molecular weight excluding hydrogens is 340 g/mol. The number of unbranched alkanes of at least 4 members (excludes halogenated alkanes) is 4. The summed E-state index contributed by atoms with van der Waals surface area (Å²) < 4.78 is 4.62. The summed E-state index contributed by atoms with van der Waals surface area (Å²) in [6, 6.07) is 2.23. The van der Waals surface area contributed by atoms with E-state index in [1.807, 2.05) is 0 Å². The van der Waals surface area contributed by atoms with E-state index < -0.39 is 0 Å². The van der Waals surface area contributed by atoms with Gasteiger partial charge < -0.3 is 0 Å². The normalized spacial score (nSPS) is 14.2. The number of aryl methyl sites for hydroxylation is 3. The van der Waals surface area contributed by atoms with Crippen LogP contribution in [0.1, 0.15) is 63.5 Å². The van der Waals surface area contributed by atoms with Crippen LogP contribution in [0, 0.1) is 19.9 Å². The van der Waals surface area contributed by atoms with Crippen molar-refractivity contribution in [3.8, 4) is 0 Å². The third kappa shape index (κ3) is 9.06. The maximum atomic E-state index is 3.33. The van der Waals surface area contributed by atoms with Crippen molar-refractivity contribution in [3.05, 3.63) is 77.3 Å². The first-order chi connectivity index (χ1) is 13.5. The second-order valence-electron chi connectivity index (χ2n) is 7.96. The molecule has 148 valence electrons. The molecule has 0 bridgehead atoms. The molecule has 0 saturated heterocycles. The van der Waals surface area contributed by atoms with Gasteiger partial charge in [-0.15, -0.1) is 0 Å². The minimum absolute atomic E-state index is 1.10. The zero-order valence-electron chi connectivity index (χ0n) is 18.2. The summed E-state index contributed by atoms with van der Waals surface area (Å²) in [6.07, 6.45) is 28.4. The highest BCUT2D eigenvalue weighted by molar-refractivity contribution is 5.74. The van der Waals surface area contributed by atoms with Gasteiger partial charge in [-0.1, -0.05) is 28.9 Å². The van der Waals surface area contributed by atoms with Crippen molar-refractivity contribution in [3.63, 3.8) is 0 Å². The maximum absolute atomic E-state index is 3.33. The summed E-state index contributed by atoms with van der Waals surface area (Å²) in [7, 11) is 0. The summed E-state index contributed by atoms with van der Waals surface area (Å²) >= 11 is 0. The maximum Gasteiger partial charge on any atom is 0.278 e. The molecule has 0 aromatic carbocycles. The first-order valence-corrected chi connectivity index (χ1v) is 10.7. The fraction of sp³-hybridized carbons (Fsp3) is 0.462. The van der Waals surface area contributed by atoms with Crippen LogP contribution in [-0.4, -0.2) is 17.3 Å². The minimum atomic E-state index is 1.10. The minimum Gasteiger partial charge on any atom is -0.205 e. The molecule has 0 spiro atoms. The predicted molar refractivity (Wildman–Crippen MR) is 119 cm³/mol. The molecule has 0 amide bonds. The Morgan fingerprint density at radius 2 is 1.43 bits per heavy atom. The van der Waals surface area contributed by atoms with Crippen molar-refractivity contribution >= 4 is 6.21 Å². The predicted octanol–water partition coefficient (Wildman–Crippen LogP) is 5.79. The van der Waals surface area contributed by atoms with Gasteiger partial charge in [-0.2, -0.15) is 0 Å². The smallest absolute Gasteiger partial charge is 0.205 e. The van der Waals surface area contributed by atoms with E-state index in [9.17, 15) is 0 Å². The van der Waals surface area contributed by atoms with Crippen LogP contribution in [-0.2, 0) is 6.54 Å². The Balaban J connectivity index is 1.50. The topological polar surface area (TPSA) is 6.89 Å². The first-order valence-electron chi connectivity index (χ1n) is 10.7. The molecule has 0 radical (unpaired) electrons. The van der Waals surface area contributed by atoms with E-state index in [0.29, 0.717) is 0 Å². The molecule has 1 aromatic heterocycles. The zero-order valence-corrected chi connectivity index (χ0v) is 18.2. The molecule has 28 heavy (non-hydrogen) atoms. The molecule has 2 rings (SSSR count). The largest absolute Gasteiger partial charge is 0.278 e. The van der Waals surface area contributed by atoms with Crippen molar-refractivity contribution in [2.75, 3.05) is 6.54 Å².